The molecule has 0 atom stereocenters. The topological polar surface area (TPSA) is 253 Å². The maximum atomic E-state index is 14.6. The number of rotatable bonds is 16. The van der Waals surface area contributed by atoms with Crippen LogP contribution in [-0.2, 0) is 24.1 Å². The van der Waals surface area contributed by atoms with E-state index in [1.165, 1.54) is 79.7 Å². The predicted molar refractivity (Wildman–Crippen MR) is 231 cm³/mol. The van der Waals surface area contributed by atoms with Gasteiger partial charge in [0.2, 0.25) is 0 Å². The van der Waals surface area contributed by atoms with E-state index in [2.05, 4.69) is 31.1 Å². The number of amides is 4. The molecule has 0 fully saturated rings. The number of hydrogen-bond donors (Lipinski definition) is 6. The number of H-pyrrole nitrogens is 1. The number of hydrogen-bond acceptors (Lipinski definition) is 11. The van der Waals surface area contributed by atoms with Crippen LogP contribution in [0.5, 0.6) is 17.2 Å². The second-order valence-electron chi connectivity index (χ2n) is 14.3. The van der Waals surface area contributed by atoms with Crippen LogP contribution in [0.15, 0.2) is 102 Å². The number of nitrogens with one attached hydrogen (secondary N) is 4. The van der Waals surface area contributed by atoms with Crippen molar-refractivity contribution in [3.63, 3.8) is 0 Å². The van der Waals surface area contributed by atoms with E-state index in [9.17, 15) is 41.5 Å². The number of benzene rings is 4. The Labute approximate surface area is 370 Å². The van der Waals surface area contributed by atoms with Crippen molar-refractivity contribution >= 4 is 45.9 Å². The van der Waals surface area contributed by atoms with Gasteiger partial charge in [0.15, 0.2) is 18.1 Å². The van der Waals surface area contributed by atoms with E-state index in [1.54, 1.807) is 24.3 Å². The van der Waals surface area contributed by atoms with Crippen LogP contribution in [0.1, 0.15) is 42.3 Å². The monoisotopic (exact) mass is 910 g/mol. The SMILES string of the molecule is COc1cc(NC(=O)c2cnn(-c3cccc4c(=O)[nH]ccc34)c2C(F)(F)F)cc(OCC(=O)NCCn2nc(N)c(C(N)=O)c2-c2ccc(CNC(=O)c3cc(F)ccc3OC)cc2)c1. The minimum Gasteiger partial charge on any atom is -0.497 e. The Hall–Kier alpha value is -8.69. The number of carbonyl (C=O) groups is 4. The normalized spacial score (nSPS) is 11.2. The van der Waals surface area contributed by atoms with Gasteiger partial charge in [0, 0.05) is 59.5 Å². The van der Waals surface area contributed by atoms with Crippen LogP contribution < -0.4 is 47.2 Å². The minimum absolute atomic E-state index is 0.0104. The Balaban J connectivity index is 0.992. The molecule has 66 heavy (non-hydrogen) atoms. The number of aromatic amines is 1. The Morgan fingerprint density at radius 2 is 1.62 bits per heavy atom. The van der Waals surface area contributed by atoms with E-state index in [-0.39, 0.29) is 81.7 Å². The van der Waals surface area contributed by atoms with Crippen LogP contribution in [-0.4, -0.2) is 75.5 Å². The molecule has 3 aromatic heterocycles. The molecule has 7 rings (SSSR count). The molecule has 7 aromatic rings. The zero-order valence-corrected chi connectivity index (χ0v) is 34.8. The third-order valence-corrected chi connectivity index (χ3v) is 10.0. The first-order chi connectivity index (χ1) is 31.6. The number of pyridine rings is 1. The van der Waals surface area contributed by atoms with Crippen molar-refractivity contribution in [3.05, 3.63) is 141 Å². The molecule has 4 aromatic carbocycles. The van der Waals surface area contributed by atoms with Gasteiger partial charge in [-0.05, 0) is 42.0 Å². The van der Waals surface area contributed by atoms with Gasteiger partial charge < -0.3 is 46.6 Å². The number of anilines is 2. The molecule has 0 aliphatic carbocycles. The second kappa shape index (κ2) is 19.0. The zero-order chi connectivity index (χ0) is 47.3. The molecule has 0 radical (unpaired) electrons. The number of methoxy groups -OCH3 is 2. The lowest BCUT2D eigenvalue weighted by atomic mass is 10.0. The number of primary amides is 1. The van der Waals surface area contributed by atoms with Gasteiger partial charge in [0.25, 0.3) is 29.2 Å². The van der Waals surface area contributed by atoms with E-state index in [0.29, 0.717) is 15.8 Å². The Morgan fingerprint density at radius 3 is 2.33 bits per heavy atom. The molecule has 340 valence electrons. The molecule has 0 bridgehead atoms. The molecule has 3 heterocycles. The van der Waals surface area contributed by atoms with Gasteiger partial charge in [-0.2, -0.15) is 23.4 Å². The first kappa shape index (κ1) is 45.3. The number of fused-ring (bicyclic) bond motifs is 1. The summed E-state index contributed by atoms with van der Waals surface area (Å²) in [6.45, 7) is -0.511. The number of nitrogen functional groups attached to an aromatic ring is 1. The minimum atomic E-state index is -5.06. The Bertz CT molecular complexity index is 3060. The van der Waals surface area contributed by atoms with Crippen molar-refractivity contribution in [2.45, 2.75) is 19.3 Å². The fourth-order valence-corrected chi connectivity index (χ4v) is 7.00. The largest absolute Gasteiger partial charge is 0.497 e. The highest BCUT2D eigenvalue weighted by Gasteiger charge is 2.41. The Kier molecular flexibility index (Phi) is 13.0. The molecule has 22 heteroatoms. The molecule has 0 aliphatic heterocycles. The smallest absolute Gasteiger partial charge is 0.434 e. The van der Waals surface area contributed by atoms with Crippen LogP contribution in [0.2, 0.25) is 0 Å². The van der Waals surface area contributed by atoms with Crippen LogP contribution >= 0.6 is 0 Å². The summed E-state index contributed by atoms with van der Waals surface area (Å²) in [4.78, 5) is 66.4. The van der Waals surface area contributed by atoms with Gasteiger partial charge in [-0.15, -0.1) is 0 Å². The first-order valence-electron chi connectivity index (χ1n) is 19.6. The van der Waals surface area contributed by atoms with E-state index in [0.717, 1.165) is 12.3 Å². The first-order valence-corrected chi connectivity index (χ1v) is 19.6. The van der Waals surface area contributed by atoms with Gasteiger partial charge in [0.05, 0.1) is 49.5 Å². The van der Waals surface area contributed by atoms with Crippen molar-refractivity contribution in [1.29, 1.82) is 0 Å². The third kappa shape index (κ3) is 9.76. The number of nitrogens with two attached hydrogens (primary N) is 2. The number of aromatic nitrogens is 5. The average molecular weight is 911 g/mol. The zero-order valence-electron chi connectivity index (χ0n) is 34.8. The average Bonchev–Trinajstić information content (AvgIpc) is 3.89. The standard InChI is InChI=1S/C44H38F4N10O8/c1-64-27-17-26(55-43(63)32-21-54-58(38(32)44(46,47)48)33-5-3-4-30-29(33)12-13-52-41(30)61)18-28(19-27)66-22-35(59)51-14-15-57-37(36(40(50)60)39(49)56-57)24-8-6-23(7-9-24)20-53-42(62)31-16-25(45)10-11-34(31)65-2/h3-13,16-19,21H,14-15,20,22H2,1-2H3,(H2,49,56)(H2,50,60)(H,51,59)(H,52,61)(H,53,62)(H,55,63). The fourth-order valence-electron chi connectivity index (χ4n) is 7.00. The highest BCUT2D eigenvalue weighted by atomic mass is 19.4. The van der Waals surface area contributed by atoms with Crippen molar-refractivity contribution < 1.29 is 51.0 Å². The lowest BCUT2D eigenvalue weighted by Gasteiger charge is -2.15. The summed E-state index contributed by atoms with van der Waals surface area (Å²) in [5, 5.41) is 16.2. The van der Waals surface area contributed by atoms with Gasteiger partial charge in [-0.3, -0.25) is 28.7 Å². The van der Waals surface area contributed by atoms with Gasteiger partial charge in [-0.1, -0.05) is 30.3 Å². The molecular weight excluding hydrogens is 873 g/mol. The molecule has 0 saturated carbocycles. The third-order valence-electron chi connectivity index (χ3n) is 10.0. The predicted octanol–water partition coefficient (Wildman–Crippen LogP) is 4.81. The van der Waals surface area contributed by atoms with Crippen LogP contribution in [0.4, 0.5) is 29.1 Å². The van der Waals surface area contributed by atoms with Gasteiger partial charge in [-0.25, -0.2) is 9.07 Å². The van der Waals surface area contributed by atoms with Crippen molar-refractivity contribution in [2.24, 2.45) is 5.73 Å². The number of carbonyl (C=O) groups excluding carboxylic acids is 4. The lowest BCUT2D eigenvalue weighted by molar-refractivity contribution is -0.143. The quantitative estimate of drug-likeness (QED) is 0.0718. The summed E-state index contributed by atoms with van der Waals surface area (Å²) in [5.41, 5.74) is 10.2. The van der Waals surface area contributed by atoms with E-state index in [1.807, 2.05) is 0 Å². The Morgan fingerprint density at radius 1 is 0.864 bits per heavy atom. The number of alkyl halides is 3. The molecule has 8 N–H and O–H groups in total. The van der Waals surface area contributed by atoms with E-state index < -0.39 is 59.0 Å². The number of ether oxygens (including phenoxy) is 3. The molecule has 0 unspecified atom stereocenters. The molecule has 0 aliphatic rings. The second-order valence-corrected chi connectivity index (χ2v) is 14.3. The molecule has 0 spiro atoms. The summed E-state index contributed by atoms with van der Waals surface area (Å²) in [6.07, 6.45) is -3.01. The number of nitrogens with zero attached hydrogens (tertiary/aromatic N) is 4. The van der Waals surface area contributed by atoms with Crippen molar-refractivity contribution in [3.8, 4) is 34.2 Å². The summed E-state index contributed by atoms with van der Waals surface area (Å²) in [7, 11) is 2.67. The van der Waals surface area contributed by atoms with E-state index >= 15 is 0 Å². The van der Waals surface area contributed by atoms with Crippen molar-refractivity contribution in [2.75, 3.05) is 38.4 Å². The van der Waals surface area contributed by atoms with Crippen LogP contribution in [0.3, 0.4) is 0 Å². The molecule has 0 saturated heterocycles. The summed E-state index contributed by atoms with van der Waals surface area (Å²) in [5.74, 6) is -3.61. The highest BCUT2D eigenvalue weighted by Crippen LogP contribution is 2.36. The molecule has 4 amide bonds. The van der Waals surface area contributed by atoms with Crippen LogP contribution in [0.25, 0.3) is 27.7 Å². The number of halogens is 4. The van der Waals surface area contributed by atoms with Crippen molar-refractivity contribution in [1.82, 2.24) is 35.2 Å². The highest BCUT2D eigenvalue weighted by molar-refractivity contribution is 6.06. The van der Waals surface area contributed by atoms with Crippen LogP contribution in [0, 0.1) is 5.82 Å². The summed E-state index contributed by atoms with van der Waals surface area (Å²) in [6, 6.07) is 19.8. The lowest BCUT2D eigenvalue weighted by Crippen LogP contribution is -2.32. The summed E-state index contributed by atoms with van der Waals surface area (Å²) < 4.78 is 75.6. The fraction of sp³-hybridized carbons (Fsp3) is 0.159. The molecule has 18 nitrogen and oxygen atoms in total. The van der Waals surface area contributed by atoms with Gasteiger partial charge >= 0.3 is 6.18 Å². The van der Waals surface area contributed by atoms with Gasteiger partial charge in [0.1, 0.15) is 28.6 Å². The summed E-state index contributed by atoms with van der Waals surface area (Å²) >= 11 is 0. The maximum Gasteiger partial charge on any atom is 0.434 e. The molecular formula is C44H38F4N10O8. The van der Waals surface area contributed by atoms with E-state index in [4.69, 9.17) is 25.7 Å². The maximum absolute atomic E-state index is 14.6.